The summed E-state index contributed by atoms with van der Waals surface area (Å²) in [5, 5.41) is 5.57. The highest BCUT2D eigenvalue weighted by Crippen LogP contribution is 2.30. The van der Waals surface area contributed by atoms with Gasteiger partial charge >= 0.3 is 12.3 Å². The maximum absolute atomic E-state index is 13.5. The van der Waals surface area contributed by atoms with Crippen LogP contribution in [0.25, 0.3) is 0 Å². The van der Waals surface area contributed by atoms with Crippen molar-refractivity contribution in [2.24, 2.45) is 0 Å². The van der Waals surface area contributed by atoms with E-state index in [-0.39, 0.29) is 34.3 Å². The van der Waals surface area contributed by atoms with Gasteiger partial charge < -0.3 is 29.7 Å². The quantitative estimate of drug-likeness (QED) is 0.288. The summed E-state index contributed by atoms with van der Waals surface area (Å²) < 4.78 is 54.8. The molecule has 1 fully saturated rings. The van der Waals surface area contributed by atoms with Crippen LogP contribution >= 0.6 is 11.6 Å². The zero-order chi connectivity index (χ0) is 32.8. The fraction of sp³-hybridized carbons (Fsp3) is 0.367. The number of carbonyl (C=O) groups is 3. The van der Waals surface area contributed by atoms with Gasteiger partial charge in [-0.2, -0.15) is 13.2 Å². The number of hydrogen-bond donors (Lipinski definition) is 2. The number of rotatable bonds is 8. The standard InChI is InChI=1S/C30H31ClF3N5O6/c1-29(2,3)45-28(42)39-13-10-19(11-14-39)44-23-15-20(43-17-30(32,33)34)7-8-21(23)26(40)37-22-5-4-12-35-25(22)27(41)38-24-9-6-18(31)16-36-24/h4-9,12,15-16,19H,10-11,13-14,17H2,1-3H3,(H,37,40)(H,36,38,41). The van der Waals surface area contributed by atoms with Crippen molar-refractivity contribution in [3.05, 3.63) is 71.1 Å². The second-order valence-electron chi connectivity index (χ2n) is 11.0. The summed E-state index contributed by atoms with van der Waals surface area (Å²) in [4.78, 5) is 48.5. The molecule has 0 atom stereocenters. The maximum Gasteiger partial charge on any atom is 0.422 e. The van der Waals surface area contributed by atoms with Gasteiger partial charge in [-0.15, -0.1) is 0 Å². The van der Waals surface area contributed by atoms with Crippen molar-refractivity contribution < 1.29 is 41.8 Å². The largest absolute Gasteiger partial charge is 0.489 e. The minimum absolute atomic E-state index is 0.0292. The minimum atomic E-state index is -4.58. The predicted octanol–water partition coefficient (Wildman–Crippen LogP) is 6.35. The van der Waals surface area contributed by atoms with E-state index >= 15 is 0 Å². The van der Waals surface area contributed by atoms with Crippen LogP contribution in [-0.4, -0.2) is 70.4 Å². The smallest absolute Gasteiger partial charge is 0.422 e. The highest BCUT2D eigenvalue weighted by Gasteiger charge is 2.30. The summed E-state index contributed by atoms with van der Waals surface area (Å²) in [6.07, 6.45) is -2.05. The molecule has 0 bridgehead atoms. The van der Waals surface area contributed by atoms with Crippen LogP contribution in [0.2, 0.25) is 5.02 Å². The zero-order valence-electron chi connectivity index (χ0n) is 24.6. The molecular formula is C30H31ClF3N5O6. The molecule has 3 aromatic rings. The Labute approximate surface area is 262 Å². The van der Waals surface area contributed by atoms with Crippen LogP contribution in [0.4, 0.5) is 29.5 Å². The van der Waals surface area contributed by atoms with E-state index in [1.54, 1.807) is 20.8 Å². The number of anilines is 2. The number of nitrogens with one attached hydrogen (secondary N) is 2. The van der Waals surface area contributed by atoms with Gasteiger partial charge in [-0.1, -0.05) is 11.6 Å². The van der Waals surface area contributed by atoms with Gasteiger partial charge in [0.05, 0.1) is 16.3 Å². The average molecular weight is 650 g/mol. The molecule has 240 valence electrons. The molecule has 1 aliphatic rings. The number of halogens is 4. The number of piperidine rings is 1. The number of aromatic nitrogens is 2. The molecule has 2 aromatic heterocycles. The Morgan fingerprint density at radius 2 is 1.73 bits per heavy atom. The summed E-state index contributed by atoms with van der Waals surface area (Å²) in [6.45, 7) is 4.36. The number of ether oxygens (including phenoxy) is 3. The second kappa shape index (κ2) is 14.0. The van der Waals surface area contributed by atoms with Gasteiger partial charge in [0, 0.05) is 44.4 Å². The third-order valence-electron chi connectivity index (χ3n) is 6.23. The first-order valence-electron chi connectivity index (χ1n) is 13.8. The molecule has 0 aliphatic carbocycles. The van der Waals surface area contributed by atoms with Crippen LogP contribution in [-0.2, 0) is 4.74 Å². The van der Waals surface area contributed by atoms with E-state index in [4.69, 9.17) is 25.8 Å². The molecule has 0 unspecified atom stereocenters. The SMILES string of the molecule is CC(C)(C)OC(=O)N1CCC(Oc2cc(OCC(F)(F)F)ccc2C(=O)Nc2cccnc2C(=O)Nc2ccc(Cl)cn2)CC1. The van der Waals surface area contributed by atoms with Gasteiger partial charge in [0.2, 0.25) is 0 Å². The lowest BCUT2D eigenvalue weighted by atomic mass is 10.1. The molecule has 0 spiro atoms. The zero-order valence-corrected chi connectivity index (χ0v) is 25.4. The summed E-state index contributed by atoms with van der Waals surface area (Å²) in [5.74, 6) is -1.38. The summed E-state index contributed by atoms with van der Waals surface area (Å²) >= 11 is 5.84. The number of carbonyl (C=O) groups excluding carboxylic acids is 3. The third kappa shape index (κ3) is 9.96. The van der Waals surface area contributed by atoms with Crippen molar-refractivity contribution >= 4 is 41.0 Å². The number of pyridine rings is 2. The molecule has 15 heteroatoms. The topological polar surface area (TPSA) is 132 Å². The molecule has 3 heterocycles. The van der Waals surface area contributed by atoms with E-state index in [9.17, 15) is 27.6 Å². The van der Waals surface area contributed by atoms with Gasteiger partial charge in [0.1, 0.15) is 29.0 Å². The Kier molecular flexibility index (Phi) is 10.4. The van der Waals surface area contributed by atoms with Crippen LogP contribution in [0, 0.1) is 0 Å². The van der Waals surface area contributed by atoms with Crippen LogP contribution in [0.15, 0.2) is 54.9 Å². The van der Waals surface area contributed by atoms with E-state index in [1.165, 1.54) is 59.8 Å². The monoisotopic (exact) mass is 649 g/mol. The van der Waals surface area contributed by atoms with Gasteiger partial charge in [-0.25, -0.2) is 14.8 Å². The fourth-order valence-electron chi connectivity index (χ4n) is 4.21. The number of alkyl halides is 3. The molecule has 1 aliphatic heterocycles. The van der Waals surface area contributed by atoms with Crippen molar-refractivity contribution in [1.29, 1.82) is 0 Å². The number of hydrogen-bond acceptors (Lipinski definition) is 8. The molecular weight excluding hydrogens is 619 g/mol. The predicted molar refractivity (Wildman–Crippen MR) is 159 cm³/mol. The number of likely N-dealkylation sites (tertiary alicyclic amines) is 1. The minimum Gasteiger partial charge on any atom is -0.489 e. The van der Waals surface area contributed by atoms with Crippen LogP contribution in [0.1, 0.15) is 54.5 Å². The third-order valence-corrected chi connectivity index (χ3v) is 6.45. The van der Waals surface area contributed by atoms with Crippen LogP contribution in [0.5, 0.6) is 11.5 Å². The molecule has 2 N–H and O–H groups in total. The van der Waals surface area contributed by atoms with Crippen molar-refractivity contribution in [3.8, 4) is 11.5 Å². The Morgan fingerprint density at radius 1 is 1.00 bits per heavy atom. The summed E-state index contributed by atoms with van der Waals surface area (Å²) in [5.41, 5.74) is -0.753. The molecule has 0 saturated carbocycles. The van der Waals surface area contributed by atoms with Gasteiger partial charge in [-0.05, 0) is 57.2 Å². The summed E-state index contributed by atoms with van der Waals surface area (Å²) in [7, 11) is 0. The molecule has 0 radical (unpaired) electrons. The average Bonchev–Trinajstić information content (AvgIpc) is 2.96. The highest BCUT2D eigenvalue weighted by atomic mass is 35.5. The molecule has 4 rings (SSSR count). The van der Waals surface area contributed by atoms with E-state index in [0.717, 1.165) is 0 Å². The first-order chi connectivity index (χ1) is 21.2. The lowest BCUT2D eigenvalue weighted by Crippen LogP contribution is -2.44. The second-order valence-corrected chi connectivity index (χ2v) is 11.5. The Morgan fingerprint density at radius 3 is 2.38 bits per heavy atom. The normalized spacial score (nSPS) is 14.0. The Balaban J connectivity index is 1.52. The fourth-order valence-corrected chi connectivity index (χ4v) is 4.32. The van der Waals surface area contributed by atoms with Crippen molar-refractivity contribution in [2.75, 3.05) is 30.3 Å². The number of benzene rings is 1. The van der Waals surface area contributed by atoms with E-state index < -0.39 is 42.4 Å². The van der Waals surface area contributed by atoms with E-state index in [2.05, 4.69) is 20.6 Å². The van der Waals surface area contributed by atoms with Crippen LogP contribution < -0.4 is 20.1 Å². The van der Waals surface area contributed by atoms with Gasteiger partial charge in [0.25, 0.3) is 11.8 Å². The van der Waals surface area contributed by atoms with Crippen molar-refractivity contribution in [2.45, 2.75) is 51.5 Å². The maximum atomic E-state index is 13.5. The highest BCUT2D eigenvalue weighted by molar-refractivity contribution is 6.30. The molecule has 1 aromatic carbocycles. The summed E-state index contributed by atoms with van der Waals surface area (Å²) in [6, 6.07) is 9.67. The number of amides is 3. The number of nitrogens with zero attached hydrogens (tertiary/aromatic N) is 3. The Hall–Kier alpha value is -4.59. The molecule has 1 saturated heterocycles. The van der Waals surface area contributed by atoms with E-state index in [1.807, 2.05) is 0 Å². The van der Waals surface area contributed by atoms with Gasteiger partial charge in [0.15, 0.2) is 12.3 Å². The molecule has 45 heavy (non-hydrogen) atoms. The lowest BCUT2D eigenvalue weighted by Gasteiger charge is -2.33. The molecule has 3 amide bonds. The van der Waals surface area contributed by atoms with E-state index in [0.29, 0.717) is 31.0 Å². The first kappa shape index (κ1) is 33.3. The first-order valence-corrected chi connectivity index (χ1v) is 14.2. The van der Waals surface area contributed by atoms with Crippen LogP contribution in [0.3, 0.4) is 0 Å². The molecule has 11 nitrogen and oxygen atoms in total. The Bertz CT molecular complexity index is 1520. The van der Waals surface area contributed by atoms with Crippen molar-refractivity contribution in [1.82, 2.24) is 14.9 Å². The lowest BCUT2D eigenvalue weighted by molar-refractivity contribution is -0.153. The van der Waals surface area contributed by atoms with Gasteiger partial charge in [-0.3, -0.25) is 9.59 Å². The van der Waals surface area contributed by atoms with Crippen molar-refractivity contribution in [3.63, 3.8) is 0 Å².